The van der Waals surface area contributed by atoms with E-state index >= 15 is 0 Å². The van der Waals surface area contributed by atoms with Crippen molar-refractivity contribution >= 4 is 0 Å². The van der Waals surface area contributed by atoms with Gasteiger partial charge < -0.3 is 4.74 Å². The van der Waals surface area contributed by atoms with E-state index in [9.17, 15) is 0 Å². The second kappa shape index (κ2) is 6.54. The molecule has 0 N–H and O–H groups in total. The Morgan fingerprint density at radius 1 is 1.50 bits per heavy atom. The Morgan fingerprint density at radius 3 is 2.75 bits per heavy atom. The molecule has 0 aromatic rings. The molecule has 0 saturated carbocycles. The predicted molar refractivity (Wildman–Crippen MR) is 35.7 cm³/mol. The van der Waals surface area contributed by atoms with E-state index in [1.165, 1.54) is 12.8 Å². The lowest BCUT2D eigenvalue weighted by Crippen LogP contribution is -1.68. The van der Waals surface area contributed by atoms with Gasteiger partial charge in [0.05, 0.1) is 13.4 Å². The molecule has 0 aromatic carbocycles. The maximum absolute atomic E-state index is 4.71. The number of ether oxygens (including phenoxy) is 1. The average Bonchev–Trinajstić information content (AvgIpc) is 1.81. The molecule has 0 aliphatic carbocycles. The minimum absolute atomic E-state index is 1.14. The van der Waals surface area contributed by atoms with Crippen molar-refractivity contribution in [2.75, 3.05) is 7.11 Å². The quantitative estimate of drug-likeness (QED) is 0.402. The third-order valence-electron chi connectivity index (χ3n) is 0.957. The lowest BCUT2D eigenvalue weighted by molar-refractivity contribution is 0.336. The summed E-state index contributed by atoms with van der Waals surface area (Å²) in [4.78, 5) is 0. The van der Waals surface area contributed by atoms with Crippen molar-refractivity contribution in [3.8, 4) is 0 Å². The molecule has 0 fully saturated rings. The Hall–Kier alpha value is -0.460. The summed E-state index contributed by atoms with van der Waals surface area (Å²) in [5.74, 6) is 0. The van der Waals surface area contributed by atoms with Crippen molar-refractivity contribution in [3.05, 3.63) is 12.3 Å². The molecule has 1 nitrogen and oxygen atoms in total. The normalized spacial score (nSPS) is 10.2. The molecule has 0 aliphatic heterocycles. The largest absolute Gasteiger partial charge is 0.505 e. The number of rotatable bonds is 4. The summed E-state index contributed by atoms with van der Waals surface area (Å²) in [7, 11) is 1.67. The van der Waals surface area contributed by atoms with Crippen LogP contribution in [-0.2, 0) is 4.74 Å². The summed E-state index contributed by atoms with van der Waals surface area (Å²) in [6.45, 7) is 2.18. The third kappa shape index (κ3) is 5.54. The van der Waals surface area contributed by atoms with Crippen LogP contribution in [0.2, 0.25) is 0 Å². The summed E-state index contributed by atoms with van der Waals surface area (Å²) in [5.41, 5.74) is 0. The number of unbranched alkanes of at least 4 members (excludes halogenated alkanes) is 2. The van der Waals surface area contributed by atoms with Crippen molar-refractivity contribution in [1.82, 2.24) is 0 Å². The molecule has 0 heterocycles. The highest BCUT2D eigenvalue weighted by Gasteiger charge is 1.74. The maximum atomic E-state index is 4.71. The first-order valence-electron chi connectivity index (χ1n) is 3.09. The topological polar surface area (TPSA) is 9.23 Å². The highest BCUT2D eigenvalue weighted by atomic mass is 16.5. The molecule has 8 heavy (non-hydrogen) atoms. The number of methoxy groups -OCH3 is 1. The summed E-state index contributed by atoms with van der Waals surface area (Å²) in [6.07, 6.45) is 7.44. The van der Waals surface area contributed by atoms with Crippen LogP contribution in [0.4, 0.5) is 0 Å². The van der Waals surface area contributed by atoms with E-state index < -0.39 is 0 Å². The molecule has 0 aliphatic rings. The van der Waals surface area contributed by atoms with Crippen molar-refractivity contribution in [1.29, 1.82) is 0 Å². The highest BCUT2D eigenvalue weighted by Crippen LogP contribution is 1.93. The first kappa shape index (κ1) is 7.54. The van der Waals surface area contributed by atoms with Gasteiger partial charge in [-0.05, 0) is 18.9 Å². The summed E-state index contributed by atoms with van der Waals surface area (Å²) in [5, 5.41) is 0. The zero-order valence-corrected chi connectivity index (χ0v) is 5.68. The lowest BCUT2D eigenvalue weighted by Gasteiger charge is -1.87. The number of hydrogen-bond acceptors (Lipinski definition) is 1. The van der Waals surface area contributed by atoms with Crippen molar-refractivity contribution in [2.45, 2.75) is 26.2 Å². The monoisotopic (exact) mass is 114 g/mol. The fourth-order valence-electron chi connectivity index (χ4n) is 0.486. The van der Waals surface area contributed by atoms with E-state index in [1.807, 2.05) is 6.08 Å². The van der Waals surface area contributed by atoms with Gasteiger partial charge in [-0.1, -0.05) is 13.3 Å². The van der Waals surface area contributed by atoms with Gasteiger partial charge in [0.25, 0.3) is 0 Å². The Labute approximate surface area is 51.4 Å². The van der Waals surface area contributed by atoms with Crippen LogP contribution in [0, 0.1) is 0 Å². The minimum Gasteiger partial charge on any atom is -0.505 e. The summed E-state index contributed by atoms with van der Waals surface area (Å²) < 4.78 is 4.71. The van der Waals surface area contributed by atoms with Gasteiger partial charge in [0, 0.05) is 0 Å². The number of allylic oxidation sites excluding steroid dienone is 1. The van der Waals surface area contributed by atoms with Crippen LogP contribution >= 0.6 is 0 Å². The van der Waals surface area contributed by atoms with Gasteiger partial charge in [0.15, 0.2) is 0 Å². The summed E-state index contributed by atoms with van der Waals surface area (Å²) >= 11 is 0. The molecule has 0 atom stereocenters. The van der Waals surface area contributed by atoms with Gasteiger partial charge in [-0.2, -0.15) is 0 Å². The van der Waals surface area contributed by atoms with Gasteiger partial charge in [0.1, 0.15) is 0 Å². The Bertz CT molecular complexity index is 57.4. The molecule has 0 radical (unpaired) electrons. The lowest BCUT2D eigenvalue weighted by atomic mass is 10.2. The van der Waals surface area contributed by atoms with E-state index in [0.29, 0.717) is 0 Å². The zero-order chi connectivity index (χ0) is 6.24. The first-order valence-corrected chi connectivity index (χ1v) is 3.09. The van der Waals surface area contributed by atoms with Crippen molar-refractivity contribution < 1.29 is 4.74 Å². The minimum atomic E-state index is 1.14. The second-order valence-electron chi connectivity index (χ2n) is 1.75. The first-order chi connectivity index (χ1) is 3.91. The van der Waals surface area contributed by atoms with Crippen LogP contribution in [0.1, 0.15) is 26.2 Å². The molecule has 0 unspecified atom stereocenters. The molecule has 0 spiro atoms. The van der Waals surface area contributed by atoms with Crippen LogP contribution in [-0.4, -0.2) is 7.11 Å². The van der Waals surface area contributed by atoms with Gasteiger partial charge in [0.2, 0.25) is 0 Å². The average molecular weight is 114 g/mol. The van der Waals surface area contributed by atoms with Crippen LogP contribution < -0.4 is 0 Å². The molecule has 48 valence electrons. The maximum Gasteiger partial charge on any atom is 0.0784 e. The smallest absolute Gasteiger partial charge is 0.0784 e. The van der Waals surface area contributed by atoms with Crippen LogP contribution in [0.3, 0.4) is 0 Å². The zero-order valence-electron chi connectivity index (χ0n) is 5.68. The van der Waals surface area contributed by atoms with E-state index in [4.69, 9.17) is 4.74 Å². The number of hydrogen-bond donors (Lipinski definition) is 0. The van der Waals surface area contributed by atoms with Crippen LogP contribution in [0.15, 0.2) is 12.3 Å². The molecular formula is C7H14O. The summed E-state index contributed by atoms with van der Waals surface area (Å²) in [6, 6.07) is 0. The third-order valence-corrected chi connectivity index (χ3v) is 0.957. The molecular weight excluding hydrogens is 100 g/mol. The Balaban J connectivity index is 2.80. The molecule has 0 rings (SSSR count). The molecule has 0 bridgehead atoms. The van der Waals surface area contributed by atoms with E-state index in [0.717, 1.165) is 6.42 Å². The van der Waals surface area contributed by atoms with Gasteiger partial charge >= 0.3 is 0 Å². The Morgan fingerprint density at radius 2 is 2.25 bits per heavy atom. The van der Waals surface area contributed by atoms with Gasteiger partial charge in [-0.3, -0.25) is 0 Å². The van der Waals surface area contributed by atoms with Crippen LogP contribution in [0.25, 0.3) is 0 Å². The van der Waals surface area contributed by atoms with E-state index in [-0.39, 0.29) is 0 Å². The SMILES string of the molecule is CCCC/C=C/OC. The molecule has 0 amide bonds. The molecule has 0 aromatic heterocycles. The van der Waals surface area contributed by atoms with E-state index in [2.05, 4.69) is 6.92 Å². The fourth-order valence-corrected chi connectivity index (χ4v) is 0.486. The van der Waals surface area contributed by atoms with Crippen molar-refractivity contribution in [3.63, 3.8) is 0 Å². The molecule has 1 heteroatoms. The van der Waals surface area contributed by atoms with Crippen LogP contribution in [0.5, 0.6) is 0 Å². The van der Waals surface area contributed by atoms with E-state index in [1.54, 1.807) is 13.4 Å². The standard InChI is InChI=1S/C7H14O/c1-3-4-5-6-7-8-2/h6-7H,3-5H2,1-2H3/b7-6+. The Kier molecular flexibility index (Phi) is 6.16. The van der Waals surface area contributed by atoms with Gasteiger partial charge in [-0.15, -0.1) is 0 Å². The second-order valence-corrected chi connectivity index (χ2v) is 1.75. The fraction of sp³-hybridized carbons (Fsp3) is 0.714. The van der Waals surface area contributed by atoms with Gasteiger partial charge in [-0.25, -0.2) is 0 Å². The highest BCUT2D eigenvalue weighted by molar-refractivity contribution is 4.71. The molecule has 0 saturated heterocycles. The predicted octanol–water partition coefficient (Wildman–Crippen LogP) is 2.34. The van der Waals surface area contributed by atoms with Crippen molar-refractivity contribution in [2.24, 2.45) is 0 Å².